The second kappa shape index (κ2) is 7.44. The van der Waals surface area contributed by atoms with Crippen molar-refractivity contribution in [1.82, 2.24) is 10.6 Å². The number of nitro benzene ring substituents is 1. The van der Waals surface area contributed by atoms with Crippen molar-refractivity contribution in [3.63, 3.8) is 0 Å². The molecule has 1 aromatic rings. The number of hydrogen-bond donors (Lipinski definition) is 2. The molecule has 0 saturated heterocycles. The molecule has 0 saturated carbocycles. The first kappa shape index (κ1) is 17.3. The van der Waals surface area contributed by atoms with Crippen LogP contribution in [0.2, 0.25) is 0 Å². The Morgan fingerprint density at radius 3 is 2.75 bits per heavy atom. The van der Waals surface area contributed by atoms with Crippen molar-refractivity contribution in [3.05, 3.63) is 45.6 Å². The first-order chi connectivity index (χ1) is 11.4. The van der Waals surface area contributed by atoms with Gasteiger partial charge in [-0.15, -0.1) is 0 Å². The van der Waals surface area contributed by atoms with Gasteiger partial charge in [-0.25, -0.2) is 9.59 Å². The minimum Gasteiger partial charge on any atom is -0.480 e. The highest BCUT2D eigenvalue weighted by Crippen LogP contribution is 2.26. The summed E-state index contributed by atoms with van der Waals surface area (Å²) in [7, 11) is 0. The number of nitrogens with one attached hydrogen (secondary N) is 2. The van der Waals surface area contributed by atoms with Gasteiger partial charge in [-0.05, 0) is 19.9 Å². The van der Waals surface area contributed by atoms with Gasteiger partial charge in [0, 0.05) is 6.07 Å². The molecule has 0 unspecified atom stereocenters. The van der Waals surface area contributed by atoms with Gasteiger partial charge < -0.3 is 20.1 Å². The fourth-order valence-electron chi connectivity index (χ4n) is 2.27. The van der Waals surface area contributed by atoms with Crippen LogP contribution in [-0.2, 0) is 9.53 Å². The van der Waals surface area contributed by atoms with Crippen LogP contribution in [0.15, 0.2) is 35.5 Å². The summed E-state index contributed by atoms with van der Waals surface area (Å²) in [6.07, 6.45) is 0. The van der Waals surface area contributed by atoms with E-state index in [0.29, 0.717) is 0 Å². The van der Waals surface area contributed by atoms with Crippen molar-refractivity contribution in [2.75, 3.05) is 13.2 Å². The van der Waals surface area contributed by atoms with Crippen LogP contribution in [0.25, 0.3) is 0 Å². The van der Waals surface area contributed by atoms with E-state index in [0.717, 1.165) is 0 Å². The molecule has 1 heterocycles. The van der Waals surface area contributed by atoms with Gasteiger partial charge in [-0.1, -0.05) is 12.1 Å². The minimum absolute atomic E-state index is 0.0404. The van der Waals surface area contributed by atoms with Gasteiger partial charge in [0.2, 0.25) is 0 Å². The largest absolute Gasteiger partial charge is 0.480 e. The maximum absolute atomic E-state index is 12.1. The van der Waals surface area contributed by atoms with Crippen LogP contribution in [0.5, 0.6) is 5.75 Å². The molecule has 1 aliphatic heterocycles. The summed E-state index contributed by atoms with van der Waals surface area (Å²) >= 11 is 0. The molecule has 0 fully saturated rings. The molecule has 1 aliphatic rings. The van der Waals surface area contributed by atoms with Crippen LogP contribution in [0.4, 0.5) is 10.5 Å². The molecule has 9 heteroatoms. The lowest BCUT2D eigenvalue weighted by molar-refractivity contribution is -0.385. The van der Waals surface area contributed by atoms with Gasteiger partial charge in [0.15, 0.2) is 5.75 Å². The number of rotatable bonds is 6. The molecule has 0 aliphatic carbocycles. The molecule has 0 spiro atoms. The third-order valence-electron chi connectivity index (χ3n) is 3.30. The summed E-state index contributed by atoms with van der Waals surface area (Å²) in [5.74, 6) is -0.544. The number of urea groups is 1. The standard InChI is InChI=1S/C15H17N3O6/c1-3-23-14(19)13-9(2)16-15(20)17-10(13)8-24-12-7-5-4-6-11(12)18(21)22/h4-7,9H,3,8H2,1-2H3,(H2,16,17,20)/t9-/m0/s1. The summed E-state index contributed by atoms with van der Waals surface area (Å²) in [6.45, 7) is 3.27. The number of carbonyl (C=O) groups is 2. The number of carbonyl (C=O) groups excluding carboxylic acids is 2. The average molecular weight is 335 g/mol. The zero-order valence-corrected chi connectivity index (χ0v) is 13.2. The second-order valence-corrected chi connectivity index (χ2v) is 4.95. The Kier molecular flexibility index (Phi) is 5.35. The predicted molar refractivity (Wildman–Crippen MR) is 83.4 cm³/mol. The number of esters is 1. The highest BCUT2D eigenvalue weighted by atomic mass is 16.6. The Labute approximate surface area is 137 Å². The van der Waals surface area contributed by atoms with E-state index in [9.17, 15) is 19.7 Å². The molecular weight excluding hydrogens is 318 g/mol. The fourth-order valence-corrected chi connectivity index (χ4v) is 2.27. The molecule has 0 radical (unpaired) electrons. The van der Waals surface area contributed by atoms with E-state index < -0.39 is 23.0 Å². The van der Waals surface area contributed by atoms with E-state index >= 15 is 0 Å². The lowest BCUT2D eigenvalue weighted by Gasteiger charge is -2.26. The highest BCUT2D eigenvalue weighted by molar-refractivity contribution is 5.94. The maximum Gasteiger partial charge on any atom is 0.338 e. The Morgan fingerprint density at radius 2 is 2.08 bits per heavy atom. The van der Waals surface area contributed by atoms with Crippen molar-refractivity contribution >= 4 is 17.7 Å². The molecule has 128 valence electrons. The Morgan fingerprint density at radius 1 is 1.38 bits per heavy atom. The third-order valence-corrected chi connectivity index (χ3v) is 3.30. The summed E-state index contributed by atoms with van der Waals surface area (Å²) < 4.78 is 10.4. The number of nitrogens with zero attached hydrogens (tertiary/aromatic N) is 1. The SMILES string of the molecule is CCOC(=O)C1=C(COc2ccccc2[N+](=O)[O-])NC(=O)N[C@H]1C. The van der Waals surface area contributed by atoms with Crippen LogP contribution in [-0.4, -0.2) is 36.2 Å². The lowest BCUT2D eigenvalue weighted by atomic mass is 10.0. The van der Waals surface area contributed by atoms with Gasteiger partial charge >= 0.3 is 17.7 Å². The van der Waals surface area contributed by atoms with E-state index in [1.54, 1.807) is 19.9 Å². The number of benzene rings is 1. The van der Waals surface area contributed by atoms with Gasteiger partial charge in [-0.3, -0.25) is 10.1 Å². The topological polar surface area (TPSA) is 120 Å². The van der Waals surface area contributed by atoms with E-state index in [2.05, 4.69) is 10.6 Å². The van der Waals surface area contributed by atoms with Crippen LogP contribution >= 0.6 is 0 Å². The smallest absolute Gasteiger partial charge is 0.338 e. The summed E-state index contributed by atoms with van der Waals surface area (Å²) in [5.41, 5.74) is 0.224. The van der Waals surface area contributed by atoms with Crippen molar-refractivity contribution in [2.45, 2.75) is 19.9 Å². The second-order valence-electron chi connectivity index (χ2n) is 4.95. The number of nitro groups is 1. The normalized spacial score (nSPS) is 16.9. The Hall–Kier alpha value is -3.10. The zero-order chi connectivity index (χ0) is 17.7. The third kappa shape index (κ3) is 3.80. The van der Waals surface area contributed by atoms with Crippen molar-refractivity contribution < 1.29 is 24.0 Å². The molecule has 1 aromatic carbocycles. The number of para-hydroxylation sites is 2. The molecule has 2 rings (SSSR count). The monoisotopic (exact) mass is 335 g/mol. The highest BCUT2D eigenvalue weighted by Gasteiger charge is 2.30. The van der Waals surface area contributed by atoms with Gasteiger partial charge in [0.05, 0.1) is 28.8 Å². The first-order valence-corrected chi connectivity index (χ1v) is 7.28. The predicted octanol–water partition coefficient (Wildman–Crippen LogP) is 1.49. The van der Waals surface area contributed by atoms with E-state index in [4.69, 9.17) is 9.47 Å². The lowest BCUT2D eigenvalue weighted by Crippen LogP contribution is -2.50. The average Bonchev–Trinajstić information content (AvgIpc) is 2.52. The molecule has 2 N–H and O–H groups in total. The Bertz CT molecular complexity index is 700. The summed E-state index contributed by atoms with van der Waals surface area (Å²) in [6, 6.07) is 4.79. The molecule has 0 aromatic heterocycles. The van der Waals surface area contributed by atoms with E-state index in [1.807, 2.05) is 0 Å². The molecular formula is C15H17N3O6. The molecule has 9 nitrogen and oxygen atoms in total. The van der Waals surface area contributed by atoms with Crippen LogP contribution < -0.4 is 15.4 Å². The van der Waals surface area contributed by atoms with Gasteiger partial charge in [0.1, 0.15) is 6.61 Å². The summed E-state index contributed by atoms with van der Waals surface area (Å²) in [5, 5.41) is 16.0. The van der Waals surface area contributed by atoms with Crippen LogP contribution in [0.1, 0.15) is 13.8 Å². The van der Waals surface area contributed by atoms with Gasteiger partial charge in [-0.2, -0.15) is 0 Å². The Balaban J connectivity index is 2.27. The van der Waals surface area contributed by atoms with Crippen molar-refractivity contribution in [1.29, 1.82) is 0 Å². The van der Waals surface area contributed by atoms with Gasteiger partial charge in [0.25, 0.3) is 0 Å². The number of hydrogen-bond acceptors (Lipinski definition) is 6. The number of ether oxygens (including phenoxy) is 2. The maximum atomic E-state index is 12.1. The quantitative estimate of drug-likeness (QED) is 0.462. The van der Waals surface area contributed by atoms with Crippen LogP contribution in [0, 0.1) is 10.1 Å². The van der Waals surface area contributed by atoms with Crippen molar-refractivity contribution in [2.24, 2.45) is 0 Å². The van der Waals surface area contributed by atoms with Crippen molar-refractivity contribution in [3.8, 4) is 5.75 Å². The first-order valence-electron chi connectivity index (χ1n) is 7.28. The molecule has 24 heavy (non-hydrogen) atoms. The zero-order valence-electron chi connectivity index (χ0n) is 13.2. The van der Waals surface area contributed by atoms with E-state index in [-0.39, 0.29) is 35.9 Å². The van der Waals surface area contributed by atoms with E-state index in [1.165, 1.54) is 18.2 Å². The summed E-state index contributed by atoms with van der Waals surface area (Å²) in [4.78, 5) is 34.1. The minimum atomic E-state index is -0.585. The molecule has 2 amide bonds. The number of amides is 2. The molecule has 0 bridgehead atoms. The fraction of sp³-hybridized carbons (Fsp3) is 0.333. The van der Waals surface area contributed by atoms with Crippen LogP contribution in [0.3, 0.4) is 0 Å². The molecule has 1 atom stereocenters.